The van der Waals surface area contributed by atoms with Crippen molar-refractivity contribution in [3.8, 4) is 18.1 Å². The van der Waals surface area contributed by atoms with Crippen LogP contribution in [0.2, 0.25) is 0 Å². The van der Waals surface area contributed by atoms with Gasteiger partial charge < -0.3 is 4.74 Å². The number of sulfone groups is 1. The van der Waals surface area contributed by atoms with Gasteiger partial charge in [-0.25, -0.2) is 13.8 Å². The van der Waals surface area contributed by atoms with E-state index in [0.29, 0.717) is 6.42 Å². The zero-order valence-corrected chi connectivity index (χ0v) is 15.2. The predicted octanol–water partition coefficient (Wildman–Crippen LogP) is 2.02. The number of hydrazone groups is 1. The summed E-state index contributed by atoms with van der Waals surface area (Å²) in [7, 11) is -2.18. The minimum Gasteiger partial charge on any atom is -0.495 e. The first-order valence-corrected chi connectivity index (χ1v) is 9.33. The van der Waals surface area contributed by atoms with E-state index in [9.17, 15) is 13.2 Å². The number of nitrogens with zero attached hydrogens (tertiary/aromatic N) is 1. The highest BCUT2D eigenvalue weighted by Crippen LogP contribution is 2.27. The largest absolute Gasteiger partial charge is 0.495 e. The van der Waals surface area contributed by atoms with Crippen LogP contribution in [-0.2, 0) is 14.6 Å². The van der Waals surface area contributed by atoms with Gasteiger partial charge in [-0.3, -0.25) is 4.79 Å². The highest BCUT2D eigenvalue weighted by atomic mass is 32.2. The van der Waals surface area contributed by atoms with Crippen molar-refractivity contribution in [3.63, 3.8) is 0 Å². The van der Waals surface area contributed by atoms with Gasteiger partial charge in [-0.15, -0.1) is 6.42 Å². The van der Waals surface area contributed by atoms with E-state index in [2.05, 4.69) is 16.4 Å². The Morgan fingerprint density at radius 3 is 2.84 bits per heavy atom. The number of carbonyl (C=O) groups is 1. The molecule has 0 saturated heterocycles. The molecule has 0 bridgehead atoms. The number of hydrogen-bond acceptors (Lipinski definition) is 5. The molecule has 2 rings (SSSR count). The van der Waals surface area contributed by atoms with Crippen LogP contribution in [0.15, 0.2) is 33.8 Å². The first kappa shape index (κ1) is 18.7. The number of terminal acetylenes is 1. The molecule has 1 aromatic rings. The molecule has 7 heteroatoms. The Hall–Kier alpha value is -2.59. The molecule has 132 valence electrons. The maximum absolute atomic E-state index is 12.2. The van der Waals surface area contributed by atoms with Gasteiger partial charge in [0.1, 0.15) is 16.4 Å². The van der Waals surface area contributed by atoms with E-state index in [1.54, 1.807) is 12.1 Å². The second-order valence-corrected chi connectivity index (χ2v) is 7.80. The second-order valence-electron chi connectivity index (χ2n) is 5.84. The van der Waals surface area contributed by atoms with Crippen molar-refractivity contribution >= 4 is 27.5 Å². The minimum atomic E-state index is -3.59. The Morgan fingerprint density at radius 2 is 2.24 bits per heavy atom. The van der Waals surface area contributed by atoms with Crippen molar-refractivity contribution in [2.75, 3.05) is 12.9 Å². The van der Waals surface area contributed by atoms with E-state index in [4.69, 9.17) is 11.2 Å². The van der Waals surface area contributed by atoms with Gasteiger partial charge in [0.2, 0.25) is 5.91 Å². The van der Waals surface area contributed by atoms with Crippen LogP contribution >= 0.6 is 0 Å². The number of rotatable bonds is 5. The number of allylic oxidation sites excluding steroid dienone is 1. The Labute approximate surface area is 147 Å². The fourth-order valence-corrected chi connectivity index (χ4v) is 3.77. The summed E-state index contributed by atoms with van der Waals surface area (Å²) in [4.78, 5) is 11.4. The van der Waals surface area contributed by atoms with E-state index in [1.807, 2.05) is 19.9 Å². The predicted molar refractivity (Wildman–Crippen MR) is 96.9 cm³/mol. The third-order valence-corrected chi connectivity index (χ3v) is 5.40. The van der Waals surface area contributed by atoms with Gasteiger partial charge in [-0.2, -0.15) is 5.10 Å². The molecule has 25 heavy (non-hydrogen) atoms. The van der Waals surface area contributed by atoms with Crippen LogP contribution < -0.4 is 10.2 Å². The molecule has 1 aliphatic heterocycles. The second kappa shape index (κ2) is 7.53. The summed E-state index contributed by atoms with van der Waals surface area (Å²) in [5.74, 6) is 1.92. The molecule has 0 aliphatic carbocycles. The number of ether oxygens (including phenoxy) is 1. The molecule has 1 atom stereocenters. The van der Waals surface area contributed by atoms with Crippen LogP contribution in [0.3, 0.4) is 0 Å². The number of amides is 1. The van der Waals surface area contributed by atoms with E-state index < -0.39 is 9.84 Å². The smallest absolute Gasteiger partial charge is 0.240 e. The van der Waals surface area contributed by atoms with Crippen LogP contribution in [0.25, 0.3) is 6.08 Å². The average molecular weight is 360 g/mol. The molecule has 1 aliphatic rings. The van der Waals surface area contributed by atoms with Crippen LogP contribution in [0.1, 0.15) is 25.8 Å². The maximum atomic E-state index is 12.2. The molecule has 0 fully saturated rings. The highest BCUT2D eigenvalue weighted by Gasteiger charge is 2.22. The fourth-order valence-electron chi connectivity index (χ4n) is 2.67. The number of hydrogen-bond donors (Lipinski definition) is 1. The summed E-state index contributed by atoms with van der Waals surface area (Å²) in [6.07, 6.45) is 7.38. The molecule has 0 spiro atoms. The van der Waals surface area contributed by atoms with E-state index >= 15 is 0 Å². The third-order valence-electron chi connectivity index (χ3n) is 3.84. The zero-order valence-electron chi connectivity index (χ0n) is 14.4. The summed E-state index contributed by atoms with van der Waals surface area (Å²) in [6, 6.07) is 4.81. The molecule has 1 N–H and O–H groups in total. The number of carbonyl (C=O) groups excluding carboxylic acids is 1. The quantitative estimate of drug-likeness (QED) is 0.814. The van der Waals surface area contributed by atoms with Crippen molar-refractivity contribution in [2.24, 2.45) is 11.0 Å². The SMILES string of the molecule is C#CCS(=O)(=O)c1ccc(C=C(C)C2=NNC(=O)CC2C)cc1OC. The van der Waals surface area contributed by atoms with Gasteiger partial charge in [0, 0.05) is 12.3 Å². The summed E-state index contributed by atoms with van der Waals surface area (Å²) in [5, 5.41) is 4.11. The first-order valence-electron chi connectivity index (χ1n) is 7.68. The maximum Gasteiger partial charge on any atom is 0.240 e. The molecule has 1 unspecified atom stereocenters. The fraction of sp³-hybridized carbons (Fsp3) is 0.333. The number of nitrogens with one attached hydrogen (secondary N) is 1. The molecule has 1 heterocycles. The van der Waals surface area contributed by atoms with Gasteiger partial charge in [0.25, 0.3) is 0 Å². The lowest BCUT2D eigenvalue weighted by atomic mass is 9.93. The van der Waals surface area contributed by atoms with E-state index in [0.717, 1.165) is 16.8 Å². The van der Waals surface area contributed by atoms with Crippen molar-refractivity contribution in [2.45, 2.75) is 25.2 Å². The summed E-state index contributed by atoms with van der Waals surface area (Å²) < 4.78 is 29.6. The van der Waals surface area contributed by atoms with Gasteiger partial charge in [-0.1, -0.05) is 25.0 Å². The van der Waals surface area contributed by atoms with Crippen LogP contribution in [0.4, 0.5) is 0 Å². The van der Waals surface area contributed by atoms with Crippen molar-refractivity contribution in [1.29, 1.82) is 0 Å². The van der Waals surface area contributed by atoms with E-state index in [1.165, 1.54) is 13.2 Å². The molecule has 0 saturated carbocycles. The number of benzene rings is 1. The van der Waals surface area contributed by atoms with E-state index in [-0.39, 0.29) is 28.2 Å². The van der Waals surface area contributed by atoms with Crippen LogP contribution in [0, 0.1) is 18.3 Å². The van der Waals surface area contributed by atoms with Crippen molar-refractivity contribution in [1.82, 2.24) is 5.43 Å². The Bertz CT molecular complexity index is 892. The lowest BCUT2D eigenvalue weighted by Gasteiger charge is -2.19. The molecular weight excluding hydrogens is 340 g/mol. The van der Waals surface area contributed by atoms with Crippen LogP contribution in [0.5, 0.6) is 5.75 Å². The molecule has 0 aromatic heterocycles. The lowest BCUT2D eigenvalue weighted by molar-refractivity contribution is -0.121. The van der Waals surface area contributed by atoms with Crippen molar-refractivity contribution in [3.05, 3.63) is 29.3 Å². The minimum absolute atomic E-state index is 0.0159. The first-order chi connectivity index (χ1) is 11.8. The Morgan fingerprint density at radius 1 is 1.52 bits per heavy atom. The summed E-state index contributed by atoms with van der Waals surface area (Å²) in [6.45, 7) is 3.83. The van der Waals surface area contributed by atoms with Gasteiger partial charge in [0.05, 0.1) is 12.8 Å². The van der Waals surface area contributed by atoms with Crippen molar-refractivity contribution < 1.29 is 17.9 Å². The summed E-state index contributed by atoms with van der Waals surface area (Å²) in [5.41, 5.74) is 4.92. The van der Waals surface area contributed by atoms with Crippen LogP contribution in [-0.4, -0.2) is 32.9 Å². The Balaban J connectivity index is 2.38. The molecular formula is C18H20N2O4S. The van der Waals surface area contributed by atoms with Gasteiger partial charge in [0.15, 0.2) is 9.84 Å². The molecule has 0 radical (unpaired) electrons. The highest BCUT2D eigenvalue weighted by molar-refractivity contribution is 7.91. The standard InChI is InChI=1S/C18H20N2O4S/c1-5-8-25(22,23)16-7-6-14(11-15(16)24-4)9-12(2)18-13(3)10-17(21)19-20-18/h1,6-7,9,11,13H,8,10H2,2-4H3,(H,19,21). The average Bonchev–Trinajstić information content (AvgIpc) is 2.54. The normalized spacial score (nSPS) is 18.2. The molecule has 1 aromatic carbocycles. The lowest BCUT2D eigenvalue weighted by Crippen LogP contribution is -2.31. The third kappa shape index (κ3) is 4.28. The monoisotopic (exact) mass is 360 g/mol. The molecule has 1 amide bonds. The Kier molecular flexibility index (Phi) is 5.65. The topological polar surface area (TPSA) is 84.8 Å². The van der Waals surface area contributed by atoms with Gasteiger partial charge in [-0.05, 0) is 30.2 Å². The number of methoxy groups -OCH3 is 1. The zero-order chi connectivity index (χ0) is 18.6. The summed E-state index contributed by atoms with van der Waals surface area (Å²) >= 11 is 0. The molecule has 6 nitrogen and oxygen atoms in total. The van der Waals surface area contributed by atoms with Gasteiger partial charge >= 0.3 is 0 Å².